The van der Waals surface area contributed by atoms with Crippen molar-refractivity contribution in [2.75, 3.05) is 6.54 Å². The molecule has 5 heteroatoms. The summed E-state index contributed by atoms with van der Waals surface area (Å²) in [5.74, 6) is -0.413. The van der Waals surface area contributed by atoms with E-state index in [0.29, 0.717) is 5.58 Å². The quantitative estimate of drug-likeness (QED) is 0.726. The SMILES string of the molecule is NC1(CNCc2ccc3oc(=O)[nH]c3c2)CC1. The summed E-state index contributed by atoms with van der Waals surface area (Å²) in [4.78, 5) is 13.6. The third-order valence-corrected chi connectivity index (χ3v) is 3.18. The van der Waals surface area contributed by atoms with Crippen molar-refractivity contribution in [3.05, 3.63) is 34.3 Å². The number of fused-ring (bicyclic) bond motifs is 1. The van der Waals surface area contributed by atoms with Crippen LogP contribution < -0.4 is 16.8 Å². The fourth-order valence-corrected chi connectivity index (χ4v) is 1.90. The molecule has 4 N–H and O–H groups in total. The second-order valence-electron chi connectivity index (χ2n) is 4.81. The first-order valence-electron chi connectivity index (χ1n) is 5.76. The van der Waals surface area contributed by atoms with Crippen LogP contribution in [0, 0.1) is 0 Å². The average molecular weight is 233 g/mol. The van der Waals surface area contributed by atoms with E-state index in [1.165, 1.54) is 0 Å². The van der Waals surface area contributed by atoms with Gasteiger partial charge >= 0.3 is 5.76 Å². The first kappa shape index (κ1) is 10.6. The lowest BCUT2D eigenvalue weighted by Crippen LogP contribution is -2.35. The second kappa shape index (κ2) is 3.72. The van der Waals surface area contributed by atoms with Crippen LogP contribution in [0.5, 0.6) is 0 Å². The summed E-state index contributed by atoms with van der Waals surface area (Å²) in [6, 6.07) is 5.67. The number of benzene rings is 1. The molecule has 0 amide bonds. The lowest BCUT2D eigenvalue weighted by Gasteiger charge is -2.09. The third kappa shape index (κ3) is 2.25. The van der Waals surface area contributed by atoms with Gasteiger partial charge in [0.1, 0.15) is 0 Å². The molecular weight excluding hydrogens is 218 g/mol. The number of aromatic amines is 1. The van der Waals surface area contributed by atoms with Gasteiger partial charge in [-0.15, -0.1) is 0 Å². The molecule has 5 nitrogen and oxygen atoms in total. The monoisotopic (exact) mass is 233 g/mol. The molecule has 0 aliphatic heterocycles. The smallest absolute Gasteiger partial charge is 0.408 e. The molecule has 90 valence electrons. The first-order valence-corrected chi connectivity index (χ1v) is 5.76. The zero-order valence-corrected chi connectivity index (χ0v) is 9.45. The summed E-state index contributed by atoms with van der Waals surface area (Å²) < 4.78 is 4.94. The van der Waals surface area contributed by atoms with Gasteiger partial charge in [-0.1, -0.05) is 6.07 Å². The fourth-order valence-electron chi connectivity index (χ4n) is 1.90. The van der Waals surface area contributed by atoms with Gasteiger partial charge in [0.05, 0.1) is 5.52 Å². The second-order valence-corrected chi connectivity index (χ2v) is 4.81. The summed E-state index contributed by atoms with van der Waals surface area (Å²) >= 11 is 0. The van der Waals surface area contributed by atoms with Crippen molar-refractivity contribution < 1.29 is 4.42 Å². The van der Waals surface area contributed by atoms with Gasteiger partial charge in [-0.05, 0) is 30.5 Å². The van der Waals surface area contributed by atoms with Crippen molar-refractivity contribution in [2.45, 2.75) is 24.9 Å². The molecule has 1 aliphatic carbocycles. The molecule has 1 aromatic carbocycles. The summed E-state index contributed by atoms with van der Waals surface area (Å²) in [6.45, 7) is 1.59. The maximum atomic E-state index is 11.0. The minimum absolute atomic E-state index is 0.0219. The predicted molar refractivity (Wildman–Crippen MR) is 64.7 cm³/mol. The Morgan fingerprint density at radius 3 is 3.06 bits per heavy atom. The van der Waals surface area contributed by atoms with Crippen LogP contribution in [0.4, 0.5) is 0 Å². The number of oxazole rings is 1. The maximum Gasteiger partial charge on any atom is 0.417 e. The molecule has 1 saturated carbocycles. The molecule has 0 radical (unpaired) electrons. The van der Waals surface area contributed by atoms with Crippen molar-refractivity contribution in [2.24, 2.45) is 5.73 Å². The Kier molecular flexibility index (Phi) is 2.31. The van der Waals surface area contributed by atoms with Crippen LogP contribution in [0.3, 0.4) is 0 Å². The Morgan fingerprint density at radius 1 is 1.47 bits per heavy atom. The summed E-state index contributed by atoms with van der Waals surface area (Å²) in [7, 11) is 0. The van der Waals surface area contributed by atoms with Crippen LogP contribution in [0.1, 0.15) is 18.4 Å². The van der Waals surface area contributed by atoms with E-state index in [0.717, 1.165) is 37.0 Å². The molecule has 0 saturated heterocycles. The molecule has 1 aromatic heterocycles. The molecule has 1 fully saturated rings. The molecule has 3 rings (SSSR count). The molecule has 1 heterocycles. The van der Waals surface area contributed by atoms with Crippen LogP contribution in [-0.4, -0.2) is 17.1 Å². The van der Waals surface area contributed by atoms with Crippen LogP contribution in [0.15, 0.2) is 27.4 Å². The van der Waals surface area contributed by atoms with Crippen LogP contribution >= 0.6 is 0 Å². The van der Waals surface area contributed by atoms with Gasteiger partial charge in [-0.2, -0.15) is 0 Å². The van der Waals surface area contributed by atoms with E-state index in [4.69, 9.17) is 10.2 Å². The van der Waals surface area contributed by atoms with E-state index in [1.807, 2.05) is 12.1 Å². The van der Waals surface area contributed by atoms with Crippen molar-refractivity contribution in [3.8, 4) is 0 Å². The lowest BCUT2D eigenvalue weighted by molar-refractivity contribution is 0.555. The highest BCUT2D eigenvalue weighted by Gasteiger charge is 2.37. The molecule has 0 spiro atoms. The van der Waals surface area contributed by atoms with Gasteiger partial charge in [0.15, 0.2) is 5.58 Å². The Hall–Kier alpha value is -1.59. The van der Waals surface area contributed by atoms with Gasteiger partial charge in [0.2, 0.25) is 0 Å². The highest BCUT2D eigenvalue weighted by molar-refractivity contribution is 5.72. The summed E-state index contributed by atoms with van der Waals surface area (Å²) in [5.41, 5.74) is 8.44. The highest BCUT2D eigenvalue weighted by Crippen LogP contribution is 2.31. The number of nitrogens with two attached hydrogens (primary N) is 1. The zero-order chi connectivity index (χ0) is 11.9. The van der Waals surface area contributed by atoms with Gasteiger partial charge < -0.3 is 15.5 Å². The van der Waals surface area contributed by atoms with Gasteiger partial charge in [0.25, 0.3) is 0 Å². The van der Waals surface area contributed by atoms with Crippen molar-refractivity contribution in [1.29, 1.82) is 0 Å². The van der Waals surface area contributed by atoms with E-state index >= 15 is 0 Å². The van der Waals surface area contributed by atoms with Crippen LogP contribution in [0.25, 0.3) is 11.1 Å². The third-order valence-electron chi connectivity index (χ3n) is 3.18. The zero-order valence-electron chi connectivity index (χ0n) is 9.45. The molecule has 2 aromatic rings. The Bertz CT molecular complexity index is 595. The number of H-pyrrole nitrogens is 1. The highest BCUT2D eigenvalue weighted by atomic mass is 16.4. The predicted octanol–water partition coefficient (Wildman–Crippen LogP) is 0.702. The standard InChI is InChI=1S/C12H15N3O2/c13-12(3-4-12)7-14-6-8-1-2-10-9(5-8)15-11(16)17-10/h1-2,5,14H,3-4,6-7,13H2,(H,15,16). The van der Waals surface area contributed by atoms with Crippen molar-refractivity contribution >= 4 is 11.1 Å². The van der Waals surface area contributed by atoms with Crippen molar-refractivity contribution in [3.63, 3.8) is 0 Å². The van der Waals surface area contributed by atoms with E-state index in [-0.39, 0.29) is 5.54 Å². The Balaban J connectivity index is 1.69. The Morgan fingerprint density at radius 2 is 2.29 bits per heavy atom. The van der Waals surface area contributed by atoms with E-state index in [1.54, 1.807) is 6.07 Å². The van der Waals surface area contributed by atoms with Crippen LogP contribution in [-0.2, 0) is 6.54 Å². The molecule has 0 atom stereocenters. The van der Waals surface area contributed by atoms with Crippen LogP contribution in [0.2, 0.25) is 0 Å². The molecule has 17 heavy (non-hydrogen) atoms. The number of rotatable bonds is 4. The number of hydrogen-bond donors (Lipinski definition) is 3. The fraction of sp³-hybridized carbons (Fsp3) is 0.417. The normalized spacial score (nSPS) is 17.5. The first-order chi connectivity index (χ1) is 8.15. The summed E-state index contributed by atoms with van der Waals surface area (Å²) in [5, 5.41) is 3.33. The average Bonchev–Trinajstić information content (AvgIpc) is 2.89. The lowest BCUT2D eigenvalue weighted by atomic mass is 10.2. The Labute approximate surface area is 98.0 Å². The summed E-state index contributed by atoms with van der Waals surface area (Å²) in [6.07, 6.45) is 2.21. The van der Waals surface area contributed by atoms with Crippen molar-refractivity contribution in [1.82, 2.24) is 10.3 Å². The largest absolute Gasteiger partial charge is 0.417 e. The minimum atomic E-state index is -0.413. The number of aromatic nitrogens is 1. The number of nitrogens with one attached hydrogen (secondary N) is 2. The maximum absolute atomic E-state index is 11.0. The molecule has 1 aliphatic rings. The molecular formula is C12H15N3O2. The topological polar surface area (TPSA) is 84.0 Å². The van der Waals surface area contributed by atoms with Gasteiger partial charge in [-0.25, -0.2) is 4.79 Å². The van der Waals surface area contributed by atoms with E-state index < -0.39 is 5.76 Å². The molecule has 0 bridgehead atoms. The van der Waals surface area contributed by atoms with E-state index in [2.05, 4.69) is 10.3 Å². The molecule has 0 unspecified atom stereocenters. The van der Waals surface area contributed by atoms with Gasteiger partial charge in [-0.3, -0.25) is 4.98 Å². The van der Waals surface area contributed by atoms with Gasteiger partial charge in [0, 0.05) is 18.6 Å². The minimum Gasteiger partial charge on any atom is -0.408 e. The number of hydrogen-bond acceptors (Lipinski definition) is 4. The van der Waals surface area contributed by atoms with E-state index in [9.17, 15) is 4.79 Å².